The van der Waals surface area contributed by atoms with Gasteiger partial charge in [-0.2, -0.15) is 0 Å². The minimum Gasteiger partial charge on any atom is -0.272 e. The average Bonchev–Trinajstić information content (AvgIpc) is 2.54. The quantitative estimate of drug-likeness (QED) is 0.475. The van der Waals surface area contributed by atoms with E-state index in [4.69, 9.17) is 34.8 Å². The highest BCUT2D eigenvalue weighted by atomic mass is 35.5. The molecule has 2 N–H and O–H groups in total. The third-order valence-electron chi connectivity index (χ3n) is 2.53. The third-order valence-corrected chi connectivity index (χ3v) is 4.31. The zero-order chi connectivity index (χ0) is 16.8. The van der Waals surface area contributed by atoms with Gasteiger partial charge < -0.3 is 0 Å². The van der Waals surface area contributed by atoms with Crippen molar-refractivity contribution in [2.75, 3.05) is 5.75 Å². The van der Waals surface area contributed by atoms with E-state index in [1.54, 1.807) is 24.3 Å². The number of nitrogens with one attached hydrogen (secondary N) is 2. The number of thioether (sulfide) groups is 1. The summed E-state index contributed by atoms with van der Waals surface area (Å²) in [6.07, 6.45) is 0. The normalized spacial score (nSPS) is 10.2. The Labute approximate surface area is 151 Å². The summed E-state index contributed by atoms with van der Waals surface area (Å²) < 4.78 is 0. The first-order valence-corrected chi connectivity index (χ1v) is 8.37. The van der Waals surface area contributed by atoms with Crippen LogP contribution in [0.15, 0.2) is 41.3 Å². The average molecular weight is 391 g/mol. The molecule has 0 atom stereocenters. The first kappa shape index (κ1) is 17.9. The molecular weight excluding hydrogens is 381 g/mol. The maximum atomic E-state index is 11.9. The first-order valence-electron chi connectivity index (χ1n) is 6.25. The molecule has 0 saturated carbocycles. The SMILES string of the molecule is O=C(CSc1ccc(Cl)cc1)NNC(=O)c1nc(Cl)ccc1Cl. The lowest BCUT2D eigenvalue weighted by Gasteiger charge is -2.08. The van der Waals surface area contributed by atoms with Crippen LogP contribution in [0, 0.1) is 0 Å². The number of amides is 2. The summed E-state index contributed by atoms with van der Waals surface area (Å²) in [5, 5.41) is 0.887. The second-order valence-electron chi connectivity index (χ2n) is 4.21. The number of benzene rings is 1. The Kier molecular flexibility index (Phi) is 6.53. The molecule has 1 aromatic carbocycles. The lowest BCUT2D eigenvalue weighted by Crippen LogP contribution is -2.42. The van der Waals surface area contributed by atoms with Gasteiger partial charge in [0.05, 0.1) is 10.8 Å². The van der Waals surface area contributed by atoms with Gasteiger partial charge in [-0.3, -0.25) is 20.4 Å². The van der Waals surface area contributed by atoms with E-state index in [0.717, 1.165) is 4.90 Å². The van der Waals surface area contributed by atoms with E-state index in [1.807, 2.05) is 0 Å². The number of nitrogens with zero attached hydrogens (tertiary/aromatic N) is 1. The Morgan fingerprint density at radius 2 is 1.70 bits per heavy atom. The second-order valence-corrected chi connectivity index (χ2v) is 6.49. The molecule has 0 saturated heterocycles. The fourth-order valence-corrected chi connectivity index (χ4v) is 2.64. The van der Waals surface area contributed by atoms with E-state index in [0.29, 0.717) is 5.02 Å². The molecule has 0 aliphatic heterocycles. The lowest BCUT2D eigenvalue weighted by atomic mass is 10.3. The van der Waals surface area contributed by atoms with Crippen LogP contribution in [0.2, 0.25) is 15.2 Å². The standard InChI is InChI=1S/C14H10Cl3N3O2S/c15-8-1-3-9(4-2-8)23-7-12(21)19-20-14(22)13-10(16)5-6-11(17)18-13/h1-6H,7H2,(H,19,21)(H,20,22). The second kappa shape index (κ2) is 8.40. The maximum absolute atomic E-state index is 11.9. The topological polar surface area (TPSA) is 71.1 Å². The van der Waals surface area contributed by atoms with Crippen molar-refractivity contribution in [2.45, 2.75) is 4.90 Å². The summed E-state index contributed by atoms with van der Waals surface area (Å²) in [5.41, 5.74) is 4.45. The van der Waals surface area contributed by atoms with E-state index >= 15 is 0 Å². The van der Waals surface area contributed by atoms with Gasteiger partial charge in [0, 0.05) is 9.92 Å². The number of pyridine rings is 1. The molecule has 2 rings (SSSR count). The van der Waals surface area contributed by atoms with Crippen molar-refractivity contribution >= 4 is 58.4 Å². The van der Waals surface area contributed by atoms with Gasteiger partial charge in [0.2, 0.25) is 5.91 Å². The van der Waals surface area contributed by atoms with Crippen molar-refractivity contribution in [3.8, 4) is 0 Å². The highest BCUT2D eigenvalue weighted by molar-refractivity contribution is 8.00. The summed E-state index contributed by atoms with van der Waals surface area (Å²) in [4.78, 5) is 28.3. The van der Waals surface area contributed by atoms with Gasteiger partial charge in [-0.1, -0.05) is 34.8 Å². The Morgan fingerprint density at radius 1 is 1.00 bits per heavy atom. The van der Waals surface area contributed by atoms with Crippen molar-refractivity contribution < 1.29 is 9.59 Å². The molecule has 0 aliphatic rings. The van der Waals surface area contributed by atoms with Crippen molar-refractivity contribution in [1.29, 1.82) is 0 Å². The number of hydrazine groups is 1. The minimum absolute atomic E-state index is 0.0650. The number of hydrogen-bond donors (Lipinski definition) is 2. The molecule has 120 valence electrons. The van der Waals surface area contributed by atoms with E-state index in [2.05, 4.69) is 15.8 Å². The van der Waals surface area contributed by atoms with Gasteiger partial charge in [-0.05, 0) is 36.4 Å². The molecule has 9 heteroatoms. The van der Waals surface area contributed by atoms with Crippen molar-refractivity contribution in [3.05, 3.63) is 57.3 Å². The van der Waals surface area contributed by atoms with Crippen LogP contribution in [0.25, 0.3) is 0 Å². The Balaban J connectivity index is 1.83. The van der Waals surface area contributed by atoms with Crippen molar-refractivity contribution in [2.24, 2.45) is 0 Å². The van der Waals surface area contributed by atoms with Crippen LogP contribution in [0.5, 0.6) is 0 Å². The maximum Gasteiger partial charge on any atom is 0.289 e. The number of carbonyl (C=O) groups excluding carboxylic acids is 2. The van der Waals surface area contributed by atoms with Gasteiger partial charge in [-0.25, -0.2) is 4.98 Å². The fourth-order valence-electron chi connectivity index (χ4n) is 1.48. The molecular formula is C14H10Cl3N3O2S. The summed E-state index contributed by atoms with van der Waals surface area (Å²) in [6.45, 7) is 0. The largest absolute Gasteiger partial charge is 0.289 e. The monoisotopic (exact) mass is 389 g/mol. The first-order chi connectivity index (χ1) is 11.0. The smallest absolute Gasteiger partial charge is 0.272 e. The van der Waals surface area contributed by atoms with E-state index in [-0.39, 0.29) is 27.5 Å². The molecule has 23 heavy (non-hydrogen) atoms. The van der Waals surface area contributed by atoms with Crippen LogP contribution in [-0.4, -0.2) is 22.6 Å². The van der Waals surface area contributed by atoms with Crippen molar-refractivity contribution in [3.63, 3.8) is 0 Å². The van der Waals surface area contributed by atoms with Crippen LogP contribution in [0.3, 0.4) is 0 Å². The van der Waals surface area contributed by atoms with Crippen LogP contribution < -0.4 is 10.9 Å². The summed E-state index contributed by atoms with van der Waals surface area (Å²) >= 11 is 18.6. The molecule has 0 spiro atoms. The molecule has 2 aromatic rings. The molecule has 0 bridgehead atoms. The van der Waals surface area contributed by atoms with Gasteiger partial charge in [0.1, 0.15) is 10.8 Å². The van der Waals surface area contributed by atoms with Gasteiger partial charge in [0.25, 0.3) is 5.91 Å². The predicted octanol–water partition coefficient (Wildman–Crippen LogP) is 3.60. The Morgan fingerprint density at radius 3 is 2.39 bits per heavy atom. The highest BCUT2D eigenvalue weighted by Gasteiger charge is 2.13. The molecule has 1 aromatic heterocycles. The van der Waals surface area contributed by atoms with Crippen molar-refractivity contribution in [1.82, 2.24) is 15.8 Å². The zero-order valence-corrected chi connectivity index (χ0v) is 14.6. The summed E-state index contributed by atoms with van der Waals surface area (Å²) in [5.74, 6) is -0.905. The van der Waals surface area contributed by atoms with E-state index in [9.17, 15) is 9.59 Å². The molecule has 0 radical (unpaired) electrons. The van der Waals surface area contributed by atoms with Gasteiger partial charge in [-0.15, -0.1) is 11.8 Å². The number of halogens is 3. The van der Waals surface area contributed by atoms with E-state index < -0.39 is 5.91 Å². The van der Waals surface area contributed by atoms with Gasteiger partial charge >= 0.3 is 0 Å². The number of carbonyl (C=O) groups is 2. The summed E-state index contributed by atoms with van der Waals surface area (Å²) in [6, 6.07) is 9.97. The molecule has 5 nitrogen and oxygen atoms in total. The number of aromatic nitrogens is 1. The van der Waals surface area contributed by atoms with Crippen LogP contribution >= 0.6 is 46.6 Å². The molecule has 2 amide bonds. The van der Waals surface area contributed by atoms with Gasteiger partial charge in [0.15, 0.2) is 0 Å². The zero-order valence-electron chi connectivity index (χ0n) is 11.5. The Bertz CT molecular complexity index is 726. The molecule has 1 heterocycles. The number of hydrogen-bond acceptors (Lipinski definition) is 4. The number of rotatable bonds is 4. The highest BCUT2D eigenvalue weighted by Crippen LogP contribution is 2.20. The lowest BCUT2D eigenvalue weighted by molar-refractivity contribution is -0.119. The molecule has 0 aliphatic carbocycles. The third kappa shape index (κ3) is 5.58. The predicted molar refractivity (Wildman–Crippen MR) is 92.0 cm³/mol. The summed E-state index contributed by atoms with van der Waals surface area (Å²) in [7, 11) is 0. The van der Waals surface area contributed by atoms with Crippen LogP contribution in [0.4, 0.5) is 0 Å². The van der Waals surface area contributed by atoms with Crippen LogP contribution in [-0.2, 0) is 4.79 Å². The van der Waals surface area contributed by atoms with E-state index in [1.165, 1.54) is 23.9 Å². The molecule has 0 fully saturated rings. The minimum atomic E-state index is -0.651. The fraction of sp³-hybridized carbons (Fsp3) is 0.0714. The Hall–Kier alpha value is -1.47. The van der Waals surface area contributed by atoms with Crippen LogP contribution in [0.1, 0.15) is 10.5 Å². The molecule has 0 unspecified atom stereocenters.